The zero-order valence-electron chi connectivity index (χ0n) is 44.8. The fourth-order valence-corrected chi connectivity index (χ4v) is 15.0. The predicted molar refractivity (Wildman–Crippen MR) is 279 cm³/mol. The first kappa shape index (κ1) is 55.0. The molecule has 0 aromatic heterocycles. The molecule has 0 radical (unpaired) electrons. The molecule has 0 spiro atoms. The summed E-state index contributed by atoms with van der Waals surface area (Å²) in [5, 5.41) is 22.5. The summed E-state index contributed by atoms with van der Waals surface area (Å²) in [6.07, 6.45) is 3.59. The quantitative estimate of drug-likeness (QED) is 0.0964. The SMILES string of the molecule is C[C@@H](CCC(=O)[C@@H](C)C1C(=O)CC2C3CCC4CC(O[C@@H]5CC(COC(=O)c6ccccc6)[C@H](O)[C@H](C)C5O)CCC4(C)C3CCC21C)CO[C@@H]1OC[C@H](C)[C@H](OC(=O)c2ccccc2)C1OC(=O)c1ccccc1. The number of rotatable bonds is 17. The van der Waals surface area contributed by atoms with Crippen molar-refractivity contribution >= 4 is 29.5 Å². The van der Waals surface area contributed by atoms with Gasteiger partial charge >= 0.3 is 17.9 Å². The minimum atomic E-state index is -1.05. The summed E-state index contributed by atoms with van der Waals surface area (Å²) >= 11 is 0. The fraction of sp³-hybridized carbons (Fsp3) is 0.629. The van der Waals surface area contributed by atoms with Crippen LogP contribution in [0.3, 0.4) is 0 Å². The van der Waals surface area contributed by atoms with Crippen LogP contribution in [0.15, 0.2) is 91.0 Å². The largest absolute Gasteiger partial charge is 0.462 e. The van der Waals surface area contributed by atoms with E-state index in [9.17, 15) is 34.2 Å². The Kier molecular flexibility index (Phi) is 17.2. The minimum absolute atomic E-state index is 0.0170. The maximum atomic E-state index is 14.3. The van der Waals surface area contributed by atoms with E-state index < -0.39 is 66.6 Å². The number of hydrogen-bond acceptors (Lipinski definition) is 13. The number of aliphatic hydroxyl groups excluding tert-OH is 2. The lowest BCUT2D eigenvalue weighted by Gasteiger charge is -2.61. The molecule has 5 saturated carbocycles. The number of carbonyl (C=O) groups excluding carboxylic acids is 5. The first-order valence-corrected chi connectivity index (χ1v) is 28.0. The maximum absolute atomic E-state index is 14.3. The number of benzene rings is 3. The third-order valence-corrected chi connectivity index (χ3v) is 19.4. The van der Waals surface area contributed by atoms with E-state index in [1.807, 2.05) is 45.9 Å². The van der Waals surface area contributed by atoms with Crippen LogP contribution in [-0.2, 0) is 38.0 Å². The van der Waals surface area contributed by atoms with Gasteiger partial charge in [0, 0.05) is 42.4 Å². The van der Waals surface area contributed by atoms with Gasteiger partial charge in [-0.2, -0.15) is 0 Å². The standard InChI is InChI=1S/C62H80O13/c1-36(33-71-60-56(75-59(69)42-20-14-9-15-21-42)55(37(2)34-72-60)74-58(68)41-18-12-8-13-19-41)22-25-49(63)38(3)52-50(64)32-48-46-24-23-44-31-45(26-28-61(44,5)47(46)27-29-62(48,52)6)73-51-30-43(53(65)39(4)54(51)66)35-70-57(67)40-16-10-7-11-17-40/h7-21,36-39,43-48,51-56,60,65-66H,22-35H2,1-6H3/t36-,37-,38+,39-,43?,44?,45?,46?,47?,48?,51+,52?,53+,54?,55-,56?,60+,61?,62?/m0/s1. The number of aliphatic hydroxyl groups is 2. The van der Waals surface area contributed by atoms with Gasteiger partial charge in [0.25, 0.3) is 0 Å². The number of carbonyl (C=O) groups is 5. The second-order valence-electron chi connectivity index (χ2n) is 24.1. The monoisotopic (exact) mass is 1030 g/mol. The Bertz CT molecular complexity index is 2450. The van der Waals surface area contributed by atoms with Crippen LogP contribution >= 0.6 is 0 Å². The maximum Gasteiger partial charge on any atom is 0.338 e. The zero-order chi connectivity index (χ0) is 53.2. The van der Waals surface area contributed by atoms with Gasteiger partial charge in [0.15, 0.2) is 12.4 Å². The van der Waals surface area contributed by atoms with Crippen LogP contribution in [0.5, 0.6) is 0 Å². The molecule has 75 heavy (non-hydrogen) atoms. The van der Waals surface area contributed by atoms with Crippen molar-refractivity contribution in [2.75, 3.05) is 19.8 Å². The summed E-state index contributed by atoms with van der Waals surface area (Å²) in [5.74, 6) is -1.53. The Morgan fingerprint density at radius 2 is 1.32 bits per heavy atom. The highest BCUT2D eigenvalue weighted by atomic mass is 16.7. The molecule has 19 atom stereocenters. The van der Waals surface area contributed by atoms with Crippen molar-refractivity contribution in [3.05, 3.63) is 108 Å². The van der Waals surface area contributed by atoms with Crippen LogP contribution < -0.4 is 0 Å². The van der Waals surface area contributed by atoms with Crippen molar-refractivity contribution in [2.24, 2.45) is 70.0 Å². The van der Waals surface area contributed by atoms with E-state index in [0.29, 0.717) is 60.1 Å². The first-order chi connectivity index (χ1) is 36.0. The smallest absolute Gasteiger partial charge is 0.338 e. The van der Waals surface area contributed by atoms with Gasteiger partial charge in [-0.25, -0.2) is 14.4 Å². The van der Waals surface area contributed by atoms with Gasteiger partial charge < -0.3 is 38.6 Å². The van der Waals surface area contributed by atoms with Gasteiger partial charge in [-0.3, -0.25) is 9.59 Å². The summed E-state index contributed by atoms with van der Waals surface area (Å²) in [5.41, 5.74) is 1.03. The number of fused-ring (bicyclic) bond motifs is 5. The van der Waals surface area contributed by atoms with Crippen LogP contribution in [-0.4, -0.2) is 102 Å². The summed E-state index contributed by atoms with van der Waals surface area (Å²) in [6, 6.07) is 26.1. The summed E-state index contributed by atoms with van der Waals surface area (Å²) in [7, 11) is 0. The molecule has 6 fully saturated rings. The highest BCUT2D eigenvalue weighted by molar-refractivity contribution is 5.92. The number of hydrogen-bond donors (Lipinski definition) is 2. The molecule has 11 unspecified atom stereocenters. The molecule has 3 aromatic rings. The molecule has 13 heteroatoms. The molecule has 1 aliphatic heterocycles. The Labute approximate surface area is 443 Å². The third-order valence-electron chi connectivity index (χ3n) is 19.4. The molecule has 5 aliphatic carbocycles. The number of ketones is 2. The Morgan fingerprint density at radius 3 is 1.96 bits per heavy atom. The van der Waals surface area contributed by atoms with Gasteiger partial charge in [-0.05, 0) is 135 Å². The third kappa shape index (κ3) is 11.6. The molecule has 0 bridgehead atoms. The first-order valence-electron chi connectivity index (χ1n) is 28.0. The van der Waals surface area contributed by atoms with E-state index in [4.69, 9.17) is 28.4 Å². The molecule has 3 aromatic carbocycles. The molecular weight excluding hydrogens is 953 g/mol. The van der Waals surface area contributed by atoms with Crippen molar-refractivity contribution in [1.82, 2.24) is 0 Å². The molecule has 1 saturated heterocycles. The van der Waals surface area contributed by atoms with Crippen molar-refractivity contribution in [3.63, 3.8) is 0 Å². The molecule has 6 aliphatic rings. The highest BCUT2D eigenvalue weighted by Crippen LogP contribution is 2.68. The van der Waals surface area contributed by atoms with Gasteiger partial charge in [-0.15, -0.1) is 0 Å². The van der Waals surface area contributed by atoms with E-state index in [0.717, 1.165) is 44.9 Å². The summed E-state index contributed by atoms with van der Waals surface area (Å²) < 4.78 is 37.0. The van der Waals surface area contributed by atoms with E-state index >= 15 is 0 Å². The topological polar surface area (TPSA) is 181 Å². The van der Waals surface area contributed by atoms with Crippen molar-refractivity contribution in [2.45, 2.75) is 155 Å². The van der Waals surface area contributed by atoms with Crippen molar-refractivity contribution < 1.29 is 62.6 Å². The van der Waals surface area contributed by atoms with Crippen LogP contribution in [0, 0.1) is 70.0 Å². The van der Waals surface area contributed by atoms with Gasteiger partial charge in [0.2, 0.25) is 0 Å². The Balaban J connectivity index is 0.774. The van der Waals surface area contributed by atoms with Gasteiger partial charge in [0.1, 0.15) is 17.7 Å². The molecule has 0 amide bonds. The summed E-state index contributed by atoms with van der Waals surface area (Å²) in [4.78, 5) is 67.9. The normalized spacial score (nSPS) is 37.2. The van der Waals surface area contributed by atoms with Crippen molar-refractivity contribution in [1.29, 1.82) is 0 Å². The lowest BCUT2D eigenvalue weighted by molar-refractivity contribution is -0.259. The molecule has 13 nitrogen and oxygen atoms in total. The lowest BCUT2D eigenvalue weighted by Crippen LogP contribution is -2.55. The van der Waals surface area contributed by atoms with E-state index in [1.54, 1.807) is 72.8 Å². The van der Waals surface area contributed by atoms with Crippen molar-refractivity contribution in [3.8, 4) is 0 Å². The van der Waals surface area contributed by atoms with Gasteiger partial charge in [0.05, 0.1) is 60.9 Å². The average molecular weight is 1030 g/mol. The van der Waals surface area contributed by atoms with Crippen LogP contribution in [0.2, 0.25) is 0 Å². The number of ether oxygens (including phenoxy) is 6. The van der Waals surface area contributed by atoms with E-state index in [1.165, 1.54) is 0 Å². The molecule has 9 rings (SSSR count). The van der Waals surface area contributed by atoms with E-state index in [2.05, 4.69) is 13.8 Å². The summed E-state index contributed by atoms with van der Waals surface area (Å²) in [6.45, 7) is 12.9. The minimum Gasteiger partial charge on any atom is -0.462 e. The lowest BCUT2D eigenvalue weighted by atomic mass is 9.44. The fourth-order valence-electron chi connectivity index (χ4n) is 15.0. The van der Waals surface area contributed by atoms with E-state index in [-0.39, 0.29) is 77.9 Å². The molecule has 2 N–H and O–H groups in total. The van der Waals surface area contributed by atoms with Crippen LogP contribution in [0.25, 0.3) is 0 Å². The van der Waals surface area contributed by atoms with Gasteiger partial charge in [-0.1, -0.05) is 96.1 Å². The van der Waals surface area contributed by atoms with Crippen LogP contribution in [0.1, 0.15) is 143 Å². The predicted octanol–water partition coefficient (Wildman–Crippen LogP) is 9.89. The molecule has 1 heterocycles. The zero-order valence-corrected chi connectivity index (χ0v) is 44.8. The second-order valence-corrected chi connectivity index (χ2v) is 24.1. The average Bonchev–Trinajstić information content (AvgIpc) is 3.70. The Morgan fingerprint density at radius 1 is 0.720 bits per heavy atom. The highest BCUT2D eigenvalue weighted by Gasteiger charge is 2.64. The second kappa shape index (κ2) is 23.4. The number of esters is 3. The molecule has 406 valence electrons. The number of Topliss-reactive ketones (excluding diaryl/α,β-unsaturated/α-hetero) is 2. The van der Waals surface area contributed by atoms with Crippen LogP contribution in [0.4, 0.5) is 0 Å². The molecular formula is C62H80O13. The Hall–Kier alpha value is -4.79.